The van der Waals surface area contributed by atoms with Crippen molar-refractivity contribution in [3.8, 4) is 5.75 Å². The molecule has 2 aromatic carbocycles. The van der Waals surface area contributed by atoms with Gasteiger partial charge >= 0.3 is 0 Å². The second-order valence-corrected chi connectivity index (χ2v) is 3.97. The third-order valence-corrected chi connectivity index (χ3v) is 2.84. The molecule has 3 rings (SSSR count). The van der Waals surface area contributed by atoms with Crippen molar-refractivity contribution in [3.63, 3.8) is 0 Å². The number of nitrogen functional groups attached to an aromatic ring is 2. The van der Waals surface area contributed by atoms with Crippen LogP contribution in [0.1, 0.15) is 0 Å². The normalized spacial score (nSPS) is 11.1. The zero-order valence-electron chi connectivity index (χ0n) is 9.01. The van der Waals surface area contributed by atoms with Gasteiger partial charge in [0.1, 0.15) is 5.75 Å². The van der Waals surface area contributed by atoms with E-state index >= 15 is 0 Å². The van der Waals surface area contributed by atoms with E-state index in [0.29, 0.717) is 22.3 Å². The molecule has 0 fully saturated rings. The van der Waals surface area contributed by atoms with Crippen LogP contribution in [0, 0.1) is 0 Å². The molecule has 84 valence electrons. The van der Waals surface area contributed by atoms with E-state index in [1.54, 1.807) is 6.07 Å². The molecule has 0 aliphatic carbocycles. The summed E-state index contributed by atoms with van der Waals surface area (Å²) in [6, 6.07) is 10.6. The quantitative estimate of drug-likeness (QED) is 0.404. The maximum atomic E-state index is 9.54. The SMILES string of the molecule is Nc1c2ccccc2nc2c(N)cc(O)cc12. The van der Waals surface area contributed by atoms with Crippen LogP contribution < -0.4 is 11.5 Å². The highest BCUT2D eigenvalue weighted by molar-refractivity contribution is 6.09. The Morgan fingerprint density at radius 2 is 1.76 bits per heavy atom. The molecule has 0 atom stereocenters. The zero-order valence-corrected chi connectivity index (χ0v) is 9.01. The third-order valence-electron chi connectivity index (χ3n) is 2.84. The van der Waals surface area contributed by atoms with Gasteiger partial charge in [-0.3, -0.25) is 0 Å². The summed E-state index contributed by atoms with van der Waals surface area (Å²) in [6.45, 7) is 0. The van der Waals surface area contributed by atoms with Crippen LogP contribution in [0.4, 0.5) is 11.4 Å². The van der Waals surface area contributed by atoms with Crippen molar-refractivity contribution in [2.75, 3.05) is 11.5 Å². The maximum Gasteiger partial charge on any atom is 0.118 e. The van der Waals surface area contributed by atoms with E-state index in [1.807, 2.05) is 24.3 Å². The van der Waals surface area contributed by atoms with Crippen LogP contribution in [-0.2, 0) is 0 Å². The number of fused-ring (bicyclic) bond motifs is 2. The van der Waals surface area contributed by atoms with Crippen molar-refractivity contribution in [2.45, 2.75) is 0 Å². The minimum atomic E-state index is 0.0961. The van der Waals surface area contributed by atoms with E-state index in [1.165, 1.54) is 6.07 Å². The fourth-order valence-electron chi connectivity index (χ4n) is 2.04. The van der Waals surface area contributed by atoms with Gasteiger partial charge in [0.15, 0.2) is 0 Å². The molecule has 0 bridgehead atoms. The van der Waals surface area contributed by atoms with Gasteiger partial charge in [0.2, 0.25) is 0 Å². The number of benzene rings is 2. The fraction of sp³-hybridized carbons (Fsp3) is 0. The van der Waals surface area contributed by atoms with E-state index in [0.717, 1.165) is 10.9 Å². The lowest BCUT2D eigenvalue weighted by Gasteiger charge is -2.08. The van der Waals surface area contributed by atoms with Crippen molar-refractivity contribution < 1.29 is 5.11 Å². The summed E-state index contributed by atoms with van der Waals surface area (Å²) in [5, 5.41) is 11.1. The van der Waals surface area contributed by atoms with Crippen LogP contribution in [0.5, 0.6) is 5.75 Å². The lowest BCUT2D eigenvalue weighted by molar-refractivity contribution is 0.476. The average molecular weight is 225 g/mol. The van der Waals surface area contributed by atoms with Crippen LogP contribution in [-0.4, -0.2) is 10.1 Å². The van der Waals surface area contributed by atoms with Crippen LogP contribution >= 0.6 is 0 Å². The number of hydrogen-bond donors (Lipinski definition) is 3. The van der Waals surface area contributed by atoms with Gasteiger partial charge in [-0.1, -0.05) is 18.2 Å². The molecule has 0 unspecified atom stereocenters. The van der Waals surface area contributed by atoms with Gasteiger partial charge in [0.25, 0.3) is 0 Å². The smallest absolute Gasteiger partial charge is 0.118 e. The highest BCUT2D eigenvalue weighted by atomic mass is 16.3. The van der Waals surface area contributed by atoms with Gasteiger partial charge < -0.3 is 16.6 Å². The van der Waals surface area contributed by atoms with E-state index in [2.05, 4.69) is 4.98 Å². The third kappa shape index (κ3) is 1.34. The summed E-state index contributed by atoms with van der Waals surface area (Å²) in [6.07, 6.45) is 0. The monoisotopic (exact) mass is 225 g/mol. The molecule has 0 saturated carbocycles. The van der Waals surface area contributed by atoms with Crippen molar-refractivity contribution in [1.82, 2.24) is 4.98 Å². The zero-order chi connectivity index (χ0) is 12.0. The molecule has 0 saturated heterocycles. The average Bonchev–Trinajstić information content (AvgIpc) is 2.31. The molecular formula is C13H11N3O. The summed E-state index contributed by atoms with van der Waals surface area (Å²) in [5.74, 6) is 0.0961. The van der Waals surface area contributed by atoms with Crippen molar-refractivity contribution >= 4 is 33.2 Å². The van der Waals surface area contributed by atoms with Crippen LogP contribution in [0.25, 0.3) is 21.8 Å². The lowest BCUT2D eigenvalue weighted by Crippen LogP contribution is -1.96. The first-order valence-electron chi connectivity index (χ1n) is 5.23. The number of pyridine rings is 1. The largest absolute Gasteiger partial charge is 0.508 e. The first kappa shape index (κ1) is 9.72. The molecule has 1 heterocycles. The number of nitrogens with two attached hydrogens (primary N) is 2. The number of rotatable bonds is 0. The number of phenolic OH excluding ortho intramolecular Hbond substituents is 1. The number of hydrogen-bond acceptors (Lipinski definition) is 4. The Hall–Kier alpha value is -2.49. The summed E-state index contributed by atoms with van der Waals surface area (Å²) in [5.41, 5.74) is 14.4. The Kier molecular flexibility index (Phi) is 1.86. The Balaban J connectivity index is 2.59. The van der Waals surface area contributed by atoms with E-state index in [9.17, 15) is 5.11 Å². The maximum absolute atomic E-state index is 9.54. The number of aromatic hydroxyl groups is 1. The predicted molar refractivity (Wildman–Crippen MR) is 69.7 cm³/mol. The molecule has 0 aliphatic rings. The Morgan fingerprint density at radius 3 is 2.59 bits per heavy atom. The Morgan fingerprint density at radius 1 is 1.00 bits per heavy atom. The number of nitrogens with zero attached hydrogens (tertiary/aromatic N) is 1. The van der Waals surface area contributed by atoms with Crippen molar-refractivity contribution in [2.24, 2.45) is 0 Å². The minimum Gasteiger partial charge on any atom is -0.508 e. The molecule has 4 heteroatoms. The first-order valence-corrected chi connectivity index (χ1v) is 5.23. The molecule has 0 amide bonds. The van der Waals surface area contributed by atoms with Gasteiger partial charge in [-0.2, -0.15) is 0 Å². The molecule has 0 spiro atoms. The molecule has 0 radical (unpaired) electrons. The second kappa shape index (κ2) is 3.25. The van der Waals surface area contributed by atoms with Crippen LogP contribution in [0.15, 0.2) is 36.4 Å². The molecule has 4 nitrogen and oxygen atoms in total. The van der Waals surface area contributed by atoms with Gasteiger partial charge in [-0.15, -0.1) is 0 Å². The van der Waals surface area contributed by atoms with Crippen molar-refractivity contribution in [3.05, 3.63) is 36.4 Å². The summed E-state index contributed by atoms with van der Waals surface area (Å²) < 4.78 is 0. The molecule has 3 aromatic rings. The van der Waals surface area contributed by atoms with Crippen LogP contribution in [0.3, 0.4) is 0 Å². The van der Waals surface area contributed by atoms with Gasteiger partial charge in [0.05, 0.1) is 22.4 Å². The number of aromatic nitrogens is 1. The molecule has 1 aromatic heterocycles. The first-order chi connectivity index (χ1) is 8.16. The van der Waals surface area contributed by atoms with E-state index in [4.69, 9.17) is 11.5 Å². The highest BCUT2D eigenvalue weighted by Gasteiger charge is 2.09. The lowest BCUT2D eigenvalue weighted by atomic mass is 10.1. The Labute approximate surface area is 97.5 Å². The molecule has 5 N–H and O–H groups in total. The van der Waals surface area contributed by atoms with Gasteiger partial charge in [0, 0.05) is 16.8 Å². The number of anilines is 2. The van der Waals surface area contributed by atoms with Gasteiger partial charge in [-0.05, 0) is 12.1 Å². The minimum absolute atomic E-state index is 0.0961. The second-order valence-electron chi connectivity index (χ2n) is 3.97. The highest BCUT2D eigenvalue weighted by Crippen LogP contribution is 2.33. The number of para-hydroxylation sites is 1. The summed E-state index contributed by atoms with van der Waals surface area (Å²) >= 11 is 0. The topological polar surface area (TPSA) is 85.2 Å². The Bertz CT molecular complexity index is 737. The predicted octanol–water partition coefficient (Wildman–Crippen LogP) is 2.26. The number of phenols is 1. The summed E-state index contributed by atoms with van der Waals surface area (Å²) in [4.78, 5) is 4.46. The molecular weight excluding hydrogens is 214 g/mol. The summed E-state index contributed by atoms with van der Waals surface area (Å²) in [7, 11) is 0. The van der Waals surface area contributed by atoms with E-state index < -0.39 is 0 Å². The van der Waals surface area contributed by atoms with Crippen LogP contribution in [0.2, 0.25) is 0 Å². The standard InChI is InChI=1S/C13H11N3O/c14-10-6-7(17)5-9-12(15)8-3-1-2-4-11(8)16-13(9)10/h1-6,17H,14H2,(H2,15,16). The fourth-order valence-corrected chi connectivity index (χ4v) is 2.04. The van der Waals surface area contributed by atoms with Crippen molar-refractivity contribution in [1.29, 1.82) is 0 Å². The van der Waals surface area contributed by atoms with Gasteiger partial charge in [-0.25, -0.2) is 4.98 Å². The molecule has 0 aliphatic heterocycles. The molecule has 17 heavy (non-hydrogen) atoms. The van der Waals surface area contributed by atoms with E-state index in [-0.39, 0.29) is 5.75 Å².